The van der Waals surface area contributed by atoms with Crippen molar-refractivity contribution in [2.24, 2.45) is 5.73 Å². The molecular formula is C19H16ClN3O. The molecule has 24 heavy (non-hydrogen) atoms. The van der Waals surface area contributed by atoms with Crippen LogP contribution in [0.2, 0.25) is 5.02 Å². The molecule has 0 amide bonds. The lowest BCUT2D eigenvalue weighted by molar-refractivity contribution is 0.486. The topological polar surface area (TPSA) is 56.5 Å². The summed E-state index contributed by atoms with van der Waals surface area (Å²) < 4.78 is 7.44. The van der Waals surface area contributed by atoms with E-state index in [2.05, 4.69) is 31.2 Å². The molecule has 0 aliphatic carbocycles. The van der Waals surface area contributed by atoms with Gasteiger partial charge in [-0.1, -0.05) is 41.4 Å². The van der Waals surface area contributed by atoms with Crippen LogP contribution in [-0.4, -0.2) is 9.38 Å². The lowest BCUT2D eigenvalue weighted by Gasteiger charge is -2.12. The van der Waals surface area contributed by atoms with Gasteiger partial charge < -0.3 is 10.2 Å². The second-order valence-corrected chi connectivity index (χ2v) is 6.22. The van der Waals surface area contributed by atoms with Crippen molar-refractivity contribution in [3.63, 3.8) is 0 Å². The summed E-state index contributed by atoms with van der Waals surface area (Å²) in [6.45, 7) is 2.06. The van der Waals surface area contributed by atoms with Crippen molar-refractivity contribution in [3.8, 4) is 11.3 Å². The van der Waals surface area contributed by atoms with Gasteiger partial charge in [0.25, 0.3) is 0 Å². The summed E-state index contributed by atoms with van der Waals surface area (Å²) in [7, 11) is 0. The van der Waals surface area contributed by atoms with E-state index in [9.17, 15) is 0 Å². The Morgan fingerprint density at radius 1 is 1.12 bits per heavy atom. The summed E-state index contributed by atoms with van der Waals surface area (Å²) in [6, 6.07) is 15.2. The highest BCUT2D eigenvalue weighted by atomic mass is 35.5. The van der Waals surface area contributed by atoms with E-state index >= 15 is 0 Å². The second-order valence-electron chi connectivity index (χ2n) is 5.78. The van der Waals surface area contributed by atoms with Crippen LogP contribution in [0.25, 0.3) is 16.9 Å². The maximum absolute atomic E-state index is 6.49. The van der Waals surface area contributed by atoms with Gasteiger partial charge in [-0.25, -0.2) is 4.98 Å². The van der Waals surface area contributed by atoms with E-state index in [1.807, 2.05) is 34.9 Å². The zero-order valence-corrected chi connectivity index (χ0v) is 13.9. The van der Waals surface area contributed by atoms with Gasteiger partial charge in [0.1, 0.15) is 17.4 Å². The number of benzene rings is 1. The summed E-state index contributed by atoms with van der Waals surface area (Å²) >= 11 is 6.18. The zero-order valence-electron chi connectivity index (χ0n) is 13.1. The molecule has 1 unspecified atom stereocenters. The van der Waals surface area contributed by atoms with E-state index in [1.165, 1.54) is 5.56 Å². The highest BCUT2D eigenvalue weighted by molar-refractivity contribution is 6.30. The van der Waals surface area contributed by atoms with Crippen LogP contribution in [0.15, 0.2) is 65.4 Å². The molecule has 0 aliphatic rings. The molecule has 5 heteroatoms. The van der Waals surface area contributed by atoms with E-state index in [4.69, 9.17) is 26.7 Å². The number of furan rings is 1. The Morgan fingerprint density at radius 2 is 1.92 bits per heavy atom. The van der Waals surface area contributed by atoms with Crippen molar-refractivity contribution in [2.45, 2.75) is 13.0 Å². The van der Waals surface area contributed by atoms with Crippen molar-refractivity contribution in [2.75, 3.05) is 0 Å². The van der Waals surface area contributed by atoms with Gasteiger partial charge in [-0.05, 0) is 31.2 Å². The largest absolute Gasteiger partial charge is 0.467 e. The van der Waals surface area contributed by atoms with E-state index in [-0.39, 0.29) is 0 Å². The molecule has 0 saturated carbocycles. The highest BCUT2D eigenvalue weighted by Crippen LogP contribution is 2.32. The molecule has 3 heterocycles. The average Bonchev–Trinajstić information content (AvgIpc) is 3.22. The van der Waals surface area contributed by atoms with Gasteiger partial charge in [-0.3, -0.25) is 4.40 Å². The van der Waals surface area contributed by atoms with Crippen LogP contribution < -0.4 is 5.73 Å². The van der Waals surface area contributed by atoms with Crippen molar-refractivity contribution < 1.29 is 4.42 Å². The van der Waals surface area contributed by atoms with Crippen LogP contribution in [0.3, 0.4) is 0 Å². The van der Waals surface area contributed by atoms with Gasteiger partial charge >= 0.3 is 0 Å². The first kappa shape index (κ1) is 15.0. The molecule has 1 aromatic carbocycles. The fraction of sp³-hybridized carbons (Fsp3) is 0.105. The number of aromatic nitrogens is 2. The first-order valence-corrected chi connectivity index (χ1v) is 8.05. The van der Waals surface area contributed by atoms with E-state index < -0.39 is 6.04 Å². The molecular weight excluding hydrogens is 322 g/mol. The number of hydrogen-bond acceptors (Lipinski definition) is 3. The molecule has 1 atom stereocenters. The standard InChI is InChI=1S/C19H16ClN3O/c1-12-4-6-13(7-5-12)18-19(17(21)15-3-2-10-24-15)23-11-14(20)8-9-16(23)22-18/h2-11,17H,21H2,1H3. The molecule has 4 nitrogen and oxygen atoms in total. The van der Waals surface area contributed by atoms with Gasteiger partial charge in [0.05, 0.1) is 22.7 Å². The molecule has 4 rings (SSSR count). The summed E-state index contributed by atoms with van der Waals surface area (Å²) in [4.78, 5) is 4.77. The van der Waals surface area contributed by atoms with Crippen molar-refractivity contribution in [3.05, 3.63) is 83.0 Å². The maximum Gasteiger partial charge on any atom is 0.137 e. The van der Waals surface area contributed by atoms with Gasteiger partial charge in [0.2, 0.25) is 0 Å². The maximum atomic E-state index is 6.49. The fourth-order valence-corrected chi connectivity index (χ4v) is 3.02. The number of rotatable bonds is 3. The summed E-state index contributed by atoms with van der Waals surface area (Å²) in [6.07, 6.45) is 3.46. The Hall–Kier alpha value is -2.56. The molecule has 3 aromatic heterocycles. The molecule has 0 saturated heterocycles. The predicted molar refractivity (Wildman–Crippen MR) is 95.1 cm³/mol. The minimum atomic E-state index is -0.440. The molecule has 0 spiro atoms. The SMILES string of the molecule is Cc1ccc(-c2nc3ccc(Cl)cn3c2C(N)c2ccco2)cc1. The molecule has 0 fully saturated rings. The van der Waals surface area contributed by atoms with E-state index in [0.717, 1.165) is 22.6 Å². The number of halogens is 1. The molecule has 2 N–H and O–H groups in total. The first-order chi connectivity index (χ1) is 11.6. The van der Waals surface area contributed by atoms with Crippen LogP contribution in [0.5, 0.6) is 0 Å². The minimum Gasteiger partial charge on any atom is -0.467 e. The third-order valence-electron chi connectivity index (χ3n) is 4.09. The highest BCUT2D eigenvalue weighted by Gasteiger charge is 2.23. The van der Waals surface area contributed by atoms with Gasteiger partial charge in [0.15, 0.2) is 0 Å². The Bertz CT molecular complexity index is 988. The molecule has 0 radical (unpaired) electrons. The van der Waals surface area contributed by atoms with Gasteiger partial charge in [-0.2, -0.15) is 0 Å². The summed E-state index contributed by atoms with van der Waals surface area (Å²) in [5.74, 6) is 0.685. The Kier molecular flexibility index (Phi) is 3.63. The lowest BCUT2D eigenvalue weighted by Crippen LogP contribution is -2.14. The molecule has 0 bridgehead atoms. The number of hydrogen-bond donors (Lipinski definition) is 1. The van der Waals surface area contributed by atoms with Gasteiger partial charge in [0, 0.05) is 11.8 Å². The van der Waals surface area contributed by atoms with E-state index in [0.29, 0.717) is 10.8 Å². The summed E-state index contributed by atoms with van der Waals surface area (Å²) in [5, 5.41) is 0.628. The number of aryl methyl sites for hydroxylation is 1. The zero-order chi connectivity index (χ0) is 16.7. The smallest absolute Gasteiger partial charge is 0.137 e. The Balaban J connectivity index is 1.98. The average molecular weight is 338 g/mol. The third kappa shape index (κ3) is 2.50. The van der Waals surface area contributed by atoms with Crippen molar-refractivity contribution in [1.82, 2.24) is 9.38 Å². The number of fused-ring (bicyclic) bond motifs is 1. The first-order valence-electron chi connectivity index (χ1n) is 7.67. The van der Waals surface area contributed by atoms with Crippen molar-refractivity contribution >= 4 is 17.2 Å². The predicted octanol–water partition coefficient (Wildman–Crippen LogP) is 4.60. The van der Waals surface area contributed by atoms with Crippen LogP contribution in [-0.2, 0) is 0 Å². The lowest BCUT2D eigenvalue weighted by atomic mass is 10.0. The van der Waals surface area contributed by atoms with Crippen LogP contribution in [0.4, 0.5) is 0 Å². The number of pyridine rings is 1. The van der Waals surface area contributed by atoms with E-state index in [1.54, 1.807) is 6.26 Å². The second kappa shape index (κ2) is 5.82. The quantitative estimate of drug-likeness (QED) is 0.594. The van der Waals surface area contributed by atoms with Gasteiger partial charge in [-0.15, -0.1) is 0 Å². The van der Waals surface area contributed by atoms with Crippen LogP contribution in [0, 0.1) is 6.92 Å². The molecule has 0 aliphatic heterocycles. The van der Waals surface area contributed by atoms with Crippen LogP contribution in [0.1, 0.15) is 23.1 Å². The normalized spacial score (nSPS) is 12.6. The molecule has 4 aromatic rings. The minimum absolute atomic E-state index is 0.440. The number of imidazole rings is 1. The fourth-order valence-electron chi connectivity index (χ4n) is 2.86. The Morgan fingerprint density at radius 3 is 2.62 bits per heavy atom. The summed E-state index contributed by atoms with van der Waals surface area (Å²) in [5.41, 5.74) is 11.2. The van der Waals surface area contributed by atoms with Crippen LogP contribution >= 0.6 is 11.6 Å². The third-order valence-corrected chi connectivity index (χ3v) is 4.31. The Labute approximate surface area is 144 Å². The number of nitrogens with zero attached hydrogens (tertiary/aromatic N) is 2. The number of nitrogens with two attached hydrogens (primary N) is 1. The molecule has 120 valence electrons. The van der Waals surface area contributed by atoms with Crippen molar-refractivity contribution in [1.29, 1.82) is 0 Å². The monoisotopic (exact) mass is 337 g/mol.